The monoisotopic (exact) mass is 352 g/mol. The van der Waals surface area contributed by atoms with Crippen molar-refractivity contribution in [3.05, 3.63) is 51.5 Å². The molecule has 1 aliphatic heterocycles. The normalized spacial score (nSPS) is 21.5. The molecule has 3 rings (SSSR count). The molecule has 0 amide bonds. The number of rotatable bonds is 6. The van der Waals surface area contributed by atoms with Gasteiger partial charge in [-0.15, -0.1) is 11.3 Å². The summed E-state index contributed by atoms with van der Waals surface area (Å²) in [7, 11) is 0. The molecule has 0 bridgehead atoms. The molecule has 3 nitrogen and oxygen atoms in total. The third-order valence-corrected chi connectivity index (χ3v) is 5.36. The fraction of sp³-hybridized carbons (Fsp3) is 0.500. The van der Waals surface area contributed by atoms with Gasteiger partial charge in [-0.2, -0.15) is 0 Å². The first kappa shape index (κ1) is 17.5. The van der Waals surface area contributed by atoms with Gasteiger partial charge < -0.3 is 5.11 Å². The highest BCUT2D eigenvalue weighted by Gasteiger charge is 2.34. The van der Waals surface area contributed by atoms with Crippen LogP contribution in [0, 0.1) is 11.6 Å². The second-order valence-corrected chi connectivity index (χ2v) is 7.28. The van der Waals surface area contributed by atoms with E-state index in [1.165, 1.54) is 6.07 Å². The summed E-state index contributed by atoms with van der Waals surface area (Å²) in [4.78, 5) is 6.62. The average molecular weight is 352 g/mol. The first-order valence-corrected chi connectivity index (χ1v) is 9.25. The zero-order valence-electron chi connectivity index (χ0n) is 13.7. The Hall–Kier alpha value is -1.37. The van der Waals surface area contributed by atoms with E-state index in [4.69, 9.17) is 0 Å². The van der Waals surface area contributed by atoms with E-state index in [9.17, 15) is 13.9 Å². The highest BCUT2D eigenvalue weighted by atomic mass is 32.1. The molecule has 0 saturated carbocycles. The van der Waals surface area contributed by atoms with Gasteiger partial charge in [0.25, 0.3) is 0 Å². The molecule has 6 heteroatoms. The number of aromatic nitrogens is 1. The number of aryl methyl sites for hydroxylation is 1. The lowest BCUT2D eigenvalue weighted by molar-refractivity contribution is 0.172. The molecule has 0 spiro atoms. The number of benzene rings is 1. The van der Waals surface area contributed by atoms with Crippen LogP contribution in [-0.2, 0) is 13.0 Å². The van der Waals surface area contributed by atoms with E-state index >= 15 is 0 Å². The molecule has 24 heavy (non-hydrogen) atoms. The molecule has 1 aliphatic rings. The lowest BCUT2D eigenvalue weighted by atomic mass is 10.0. The Balaban J connectivity index is 1.76. The maximum absolute atomic E-state index is 14.1. The van der Waals surface area contributed by atoms with Crippen LogP contribution in [0.2, 0.25) is 0 Å². The SMILES string of the molecule is CCCCc1nc(CN2CC(O)CC2c2cc(F)ccc2F)cs1. The van der Waals surface area contributed by atoms with E-state index < -0.39 is 17.7 Å². The van der Waals surface area contributed by atoms with Crippen molar-refractivity contribution >= 4 is 11.3 Å². The number of hydrogen-bond acceptors (Lipinski definition) is 4. The number of β-amino-alcohol motifs (C(OH)–C–C–N with tert-alkyl or cyclic N) is 1. The van der Waals surface area contributed by atoms with Crippen molar-refractivity contribution in [3.63, 3.8) is 0 Å². The van der Waals surface area contributed by atoms with Crippen molar-refractivity contribution in [2.75, 3.05) is 6.54 Å². The fourth-order valence-corrected chi connectivity index (χ4v) is 4.05. The van der Waals surface area contributed by atoms with Crippen molar-refractivity contribution in [1.82, 2.24) is 9.88 Å². The minimum absolute atomic E-state index is 0.313. The van der Waals surface area contributed by atoms with Gasteiger partial charge in [0.1, 0.15) is 11.6 Å². The molecule has 2 aromatic rings. The molecule has 1 saturated heterocycles. The first-order valence-electron chi connectivity index (χ1n) is 8.37. The number of aliphatic hydroxyl groups excluding tert-OH is 1. The molecule has 0 aliphatic carbocycles. The van der Waals surface area contributed by atoms with Gasteiger partial charge >= 0.3 is 0 Å². The van der Waals surface area contributed by atoms with Crippen molar-refractivity contribution in [2.45, 2.75) is 51.3 Å². The molecule has 0 radical (unpaired) electrons. The standard InChI is InChI=1S/C18H22F2N2OS/c1-2-3-4-18-21-13(11-24-18)9-22-10-14(23)8-17(22)15-7-12(19)5-6-16(15)20/h5-7,11,14,17,23H,2-4,8-10H2,1H3. The maximum atomic E-state index is 14.1. The van der Waals surface area contributed by atoms with Crippen LogP contribution in [0.5, 0.6) is 0 Å². The van der Waals surface area contributed by atoms with Crippen LogP contribution in [0.25, 0.3) is 0 Å². The Labute approximate surface area is 145 Å². The highest BCUT2D eigenvalue weighted by molar-refractivity contribution is 7.09. The number of hydrogen-bond donors (Lipinski definition) is 1. The number of nitrogens with zero attached hydrogens (tertiary/aromatic N) is 2. The van der Waals surface area contributed by atoms with Crippen LogP contribution in [0.15, 0.2) is 23.6 Å². The number of likely N-dealkylation sites (tertiary alicyclic amines) is 1. The predicted octanol–water partition coefficient (Wildman–Crippen LogP) is 4.07. The highest BCUT2D eigenvalue weighted by Crippen LogP contribution is 2.35. The topological polar surface area (TPSA) is 36.4 Å². The van der Waals surface area contributed by atoms with E-state index in [-0.39, 0.29) is 6.04 Å². The Morgan fingerprint density at radius 1 is 1.38 bits per heavy atom. The summed E-state index contributed by atoms with van der Waals surface area (Å²) in [5, 5.41) is 13.1. The first-order chi connectivity index (χ1) is 11.6. The van der Waals surface area contributed by atoms with Gasteiger partial charge in [-0.3, -0.25) is 4.90 Å². The zero-order valence-corrected chi connectivity index (χ0v) is 14.5. The third kappa shape index (κ3) is 3.99. The quantitative estimate of drug-likeness (QED) is 0.851. The summed E-state index contributed by atoms with van der Waals surface area (Å²) >= 11 is 1.64. The summed E-state index contributed by atoms with van der Waals surface area (Å²) in [6, 6.07) is 3.18. The minimum atomic E-state index is -0.532. The van der Waals surface area contributed by atoms with Crippen LogP contribution in [-0.4, -0.2) is 27.6 Å². The van der Waals surface area contributed by atoms with Crippen LogP contribution >= 0.6 is 11.3 Å². The van der Waals surface area contributed by atoms with E-state index in [1.807, 2.05) is 10.3 Å². The maximum Gasteiger partial charge on any atom is 0.128 e. The van der Waals surface area contributed by atoms with Gasteiger partial charge in [0.05, 0.1) is 16.8 Å². The average Bonchev–Trinajstić information content (AvgIpc) is 3.14. The van der Waals surface area contributed by atoms with Gasteiger partial charge in [0.15, 0.2) is 0 Å². The van der Waals surface area contributed by atoms with Gasteiger partial charge in [0, 0.05) is 30.1 Å². The lowest BCUT2D eigenvalue weighted by Crippen LogP contribution is -2.25. The minimum Gasteiger partial charge on any atom is -0.392 e. The molecule has 1 aromatic heterocycles. The molecule has 2 unspecified atom stereocenters. The fourth-order valence-electron chi connectivity index (χ4n) is 3.22. The van der Waals surface area contributed by atoms with Crippen molar-refractivity contribution in [2.24, 2.45) is 0 Å². The van der Waals surface area contributed by atoms with Crippen molar-refractivity contribution in [1.29, 1.82) is 0 Å². The van der Waals surface area contributed by atoms with Crippen LogP contribution in [0.4, 0.5) is 8.78 Å². The molecule has 1 N–H and O–H groups in total. The summed E-state index contributed by atoms with van der Waals surface area (Å²) in [5.74, 6) is -0.884. The summed E-state index contributed by atoms with van der Waals surface area (Å²) < 4.78 is 27.6. The van der Waals surface area contributed by atoms with E-state index in [0.29, 0.717) is 25.1 Å². The molecule has 130 valence electrons. The van der Waals surface area contributed by atoms with Gasteiger partial charge in [0.2, 0.25) is 0 Å². The molecular weight excluding hydrogens is 330 g/mol. The second-order valence-electron chi connectivity index (χ2n) is 6.34. The molecule has 2 atom stereocenters. The largest absolute Gasteiger partial charge is 0.392 e. The van der Waals surface area contributed by atoms with E-state index in [2.05, 4.69) is 11.9 Å². The van der Waals surface area contributed by atoms with Crippen molar-refractivity contribution < 1.29 is 13.9 Å². The molecule has 1 aromatic carbocycles. The number of unbranched alkanes of at least 4 members (excludes halogenated alkanes) is 1. The Kier molecular flexibility index (Phi) is 5.58. The van der Waals surface area contributed by atoms with Gasteiger partial charge in [-0.1, -0.05) is 13.3 Å². The molecular formula is C18H22F2N2OS. The smallest absolute Gasteiger partial charge is 0.128 e. The Bertz CT molecular complexity index is 691. The van der Waals surface area contributed by atoms with Crippen LogP contribution in [0.1, 0.15) is 48.5 Å². The summed E-state index contributed by atoms with van der Waals surface area (Å²) in [6.07, 6.45) is 3.11. The van der Waals surface area contributed by atoms with Crippen molar-refractivity contribution in [3.8, 4) is 0 Å². The zero-order chi connectivity index (χ0) is 17.1. The lowest BCUT2D eigenvalue weighted by Gasteiger charge is -2.24. The third-order valence-electron chi connectivity index (χ3n) is 4.41. The summed E-state index contributed by atoms with van der Waals surface area (Å²) in [6.45, 7) is 3.14. The van der Waals surface area contributed by atoms with Gasteiger partial charge in [-0.05, 0) is 37.5 Å². The predicted molar refractivity (Wildman–Crippen MR) is 90.9 cm³/mol. The van der Waals surface area contributed by atoms with Crippen LogP contribution in [0.3, 0.4) is 0 Å². The molecule has 2 heterocycles. The van der Waals surface area contributed by atoms with E-state index in [0.717, 1.165) is 42.1 Å². The van der Waals surface area contributed by atoms with E-state index in [1.54, 1.807) is 11.3 Å². The second kappa shape index (κ2) is 7.68. The Morgan fingerprint density at radius 3 is 3.00 bits per heavy atom. The summed E-state index contributed by atoms with van der Waals surface area (Å²) in [5.41, 5.74) is 1.25. The number of halogens is 2. The van der Waals surface area contributed by atoms with Gasteiger partial charge in [-0.25, -0.2) is 13.8 Å². The molecule has 1 fully saturated rings. The number of thiazole rings is 1. The number of aliphatic hydroxyl groups is 1. The Morgan fingerprint density at radius 2 is 2.21 bits per heavy atom. The van der Waals surface area contributed by atoms with Crippen LogP contribution < -0.4 is 0 Å².